The van der Waals surface area contributed by atoms with E-state index in [9.17, 15) is 18.0 Å². The van der Waals surface area contributed by atoms with Gasteiger partial charge in [0.1, 0.15) is 12.7 Å². The molecule has 1 amide bonds. The molecule has 0 aliphatic carbocycles. The number of hydrogen-bond acceptors (Lipinski definition) is 5. The Balaban J connectivity index is 1.83. The third-order valence-electron chi connectivity index (χ3n) is 4.25. The van der Waals surface area contributed by atoms with E-state index in [0.717, 1.165) is 25.2 Å². The van der Waals surface area contributed by atoms with Crippen LogP contribution in [0.5, 0.6) is 0 Å². The number of carbonyl (C=O) groups excluding carboxylic acids is 1. The molecule has 10 heteroatoms. The number of rotatable bonds is 4. The van der Waals surface area contributed by atoms with Crippen LogP contribution in [0.3, 0.4) is 0 Å². The highest BCUT2D eigenvalue weighted by Gasteiger charge is 2.31. The number of halogens is 3. The number of carbonyl (C=O) groups is 1. The van der Waals surface area contributed by atoms with Crippen molar-refractivity contribution in [2.75, 3.05) is 31.5 Å². The molecule has 2 N–H and O–H groups in total. The Morgan fingerprint density at radius 3 is 2.88 bits per heavy atom. The Morgan fingerprint density at radius 2 is 2.23 bits per heavy atom. The molecule has 1 saturated heterocycles. The van der Waals surface area contributed by atoms with Crippen LogP contribution in [0, 0.1) is 0 Å². The van der Waals surface area contributed by atoms with Crippen LogP contribution < -0.4 is 10.6 Å². The zero-order valence-corrected chi connectivity index (χ0v) is 14.1. The van der Waals surface area contributed by atoms with E-state index in [2.05, 4.69) is 20.7 Å². The minimum atomic E-state index is -4.51. The molecule has 0 radical (unpaired) electrons. The van der Waals surface area contributed by atoms with Gasteiger partial charge in [-0.2, -0.15) is 18.3 Å². The van der Waals surface area contributed by atoms with Crippen LogP contribution in [0.25, 0.3) is 5.69 Å². The summed E-state index contributed by atoms with van der Waals surface area (Å²) in [5, 5.41) is 9.74. The van der Waals surface area contributed by atoms with Crippen molar-refractivity contribution >= 4 is 11.6 Å². The number of nitrogens with zero attached hydrogens (tertiary/aromatic N) is 4. The topological polar surface area (TPSA) is 75.1 Å². The second kappa shape index (κ2) is 7.42. The summed E-state index contributed by atoms with van der Waals surface area (Å²) in [6, 6.07) is 3.30. The predicted molar refractivity (Wildman–Crippen MR) is 88.9 cm³/mol. The lowest BCUT2D eigenvalue weighted by molar-refractivity contribution is -0.137. The molecule has 1 aliphatic rings. The van der Waals surface area contributed by atoms with Gasteiger partial charge < -0.3 is 10.6 Å². The number of alkyl halides is 3. The van der Waals surface area contributed by atoms with Crippen molar-refractivity contribution in [3.05, 3.63) is 36.4 Å². The van der Waals surface area contributed by atoms with Gasteiger partial charge in [0.2, 0.25) is 5.91 Å². The number of aromatic nitrogens is 3. The molecule has 3 rings (SSSR count). The van der Waals surface area contributed by atoms with Crippen LogP contribution >= 0.6 is 0 Å². The second-order valence-electron chi connectivity index (χ2n) is 6.14. The molecule has 26 heavy (non-hydrogen) atoms. The van der Waals surface area contributed by atoms with Crippen molar-refractivity contribution in [2.24, 2.45) is 0 Å². The van der Waals surface area contributed by atoms with Crippen molar-refractivity contribution < 1.29 is 18.0 Å². The van der Waals surface area contributed by atoms with Gasteiger partial charge in [0.15, 0.2) is 0 Å². The van der Waals surface area contributed by atoms with Crippen LogP contribution in [0.15, 0.2) is 30.9 Å². The summed E-state index contributed by atoms with van der Waals surface area (Å²) in [6.45, 7) is 4.33. The van der Waals surface area contributed by atoms with Gasteiger partial charge in [-0.3, -0.25) is 9.69 Å². The summed E-state index contributed by atoms with van der Waals surface area (Å²) in [7, 11) is 0. The number of hydrogen-bond donors (Lipinski definition) is 2. The molecule has 2 aromatic rings. The van der Waals surface area contributed by atoms with E-state index < -0.39 is 11.7 Å². The van der Waals surface area contributed by atoms with E-state index in [-0.39, 0.29) is 24.2 Å². The van der Waals surface area contributed by atoms with Crippen molar-refractivity contribution in [1.82, 2.24) is 25.0 Å². The highest BCUT2D eigenvalue weighted by atomic mass is 19.4. The van der Waals surface area contributed by atoms with E-state index in [4.69, 9.17) is 0 Å². The lowest BCUT2D eigenvalue weighted by Crippen LogP contribution is -2.52. The Morgan fingerprint density at radius 1 is 1.42 bits per heavy atom. The maximum Gasteiger partial charge on any atom is 0.416 e. The summed E-state index contributed by atoms with van der Waals surface area (Å²) in [5.74, 6) is -0.376. The SMILES string of the molecule is C[C@@H]1CNCCN1CC(=O)Nc1cc(C(F)(F)F)ccc1-n1cncn1. The highest BCUT2D eigenvalue weighted by molar-refractivity contribution is 5.94. The van der Waals surface area contributed by atoms with E-state index in [1.807, 2.05) is 11.8 Å². The van der Waals surface area contributed by atoms with Crippen molar-refractivity contribution in [1.29, 1.82) is 0 Å². The monoisotopic (exact) mass is 368 g/mol. The smallest absolute Gasteiger partial charge is 0.323 e. The third-order valence-corrected chi connectivity index (χ3v) is 4.25. The van der Waals surface area contributed by atoms with Gasteiger partial charge in [0, 0.05) is 25.7 Å². The summed E-state index contributed by atoms with van der Waals surface area (Å²) in [5.41, 5.74) is -0.484. The van der Waals surface area contributed by atoms with Gasteiger partial charge in [0.05, 0.1) is 23.5 Å². The third kappa shape index (κ3) is 4.20. The lowest BCUT2D eigenvalue weighted by atomic mass is 10.1. The average Bonchev–Trinajstić information content (AvgIpc) is 3.10. The normalized spacial score (nSPS) is 18.7. The van der Waals surface area contributed by atoms with Crippen molar-refractivity contribution in [2.45, 2.75) is 19.1 Å². The maximum absolute atomic E-state index is 13.0. The van der Waals surface area contributed by atoms with E-state index in [1.54, 1.807) is 0 Å². The zero-order valence-electron chi connectivity index (χ0n) is 14.1. The molecule has 140 valence electrons. The fraction of sp³-hybridized carbons (Fsp3) is 0.438. The summed E-state index contributed by atoms with van der Waals surface area (Å²) in [4.78, 5) is 18.2. The first-order chi connectivity index (χ1) is 12.3. The number of nitrogens with one attached hydrogen (secondary N) is 2. The minimum absolute atomic E-state index is 0.0399. The van der Waals surface area contributed by atoms with Gasteiger partial charge in [-0.25, -0.2) is 9.67 Å². The Kier molecular flexibility index (Phi) is 5.23. The Bertz CT molecular complexity index is 762. The molecule has 1 aliphatic heterocycles. The number of piperazine rings is 1. The van der Waals surface area contributed by atoms with Crippen molar-refractivity contribution in [3.8, 4) is 5.69 Å². The first-order valence-electron chi connectivity index (χ1n) is 8.15. The van der Waals surface area contributed by atoms with E-state index in [1.165, 1.54) is 23.4 Å². The van der Waals surface area contributed by atoms with E-state index in [0.29, 0.717) is 12.2 Å². The summed E-state index contributed by atoms with van der Waals surface area (Å²) < 4.78 is 40.4. The molecule has 2 heterocycles. The largest absolute Gasteiger partial charge is 0.416 e. The van der Waals surface area contributed by atoms with Gasteiger partial charge in [-0.15, -0.1) is 0 Å². The molecular weight excluding hydrogens is 349 g/mol. The summed E-state index contributed by atoms with van der Waals surface area (Å²) in [6.07, 6.45) is -1.88. The molecule has 1 aromatic carbocycles. The molecule has 0 bridgehead atoms. The number of anilines is 1. The highest BCUT2D eigenvalue weighted by Crippen LogP contribution is 2.33. The molecule has 0 saturated carbocycles. The zero-order chi connectivity index (χ0) is 18.7. The first-order valence-corrected chi connectivity index (χ1v) is 8.15. The van der Waals surface area contributed by atoms with Gasteiger partial charge in [0.25, 0.3) is 0 Å². The fourth-order valence-corrected chi connectivity index (χ4v) is 2.84. The number of benzene rings is 1. The minimum Gasteiger partial charge on any atom is -0.323 e. The van der Waals surface area contributed by atoms with Crippen LogP contribution in [0.1, 0.15) is 12.5 Å². The second-order valence-corrected chi connectivity index (χ2v) is 6.14. The molecule has 1 fully saturated rings. The van der Waals surface area contributed by atoms with Gasteiger partial charge in [-0.05, 0) is 25.1 Å². The molecule has 0 spiro atoms. The summed E-state index contributed by atoms with van der Waals surface area (Å²) >= 11 is 0. The molecule has 1 atom stereocenters. The average molecular weight is 368 g/mol. The standard InChI is InChI=1S/C16H19F3N6O/c1-11-7-20-4-5-24(11)8-15(26)23-13-6-12(16(17,18)19)2-3-14(13)25-10-21-9-22-25/h2-3,6,9-11,20H,4-5,7-8H2,1H3,(H,23,26)/t11-/m1/s1. The van der Waals surface area contributed by atoms with Crippen LogP contribution in [0.4, 0.5) is 18.9 Å². The van der Waals surface area contributed by atoms with Crippen LogP contribution in [-0.2, 0) is 11.0 Å². The molecule has 7 nitrogen and oxygen atoms in total. The van der Waals surface area contributed by atoms with Crippen LogP contribution in [-0.4, -0.2) is 57.8 Å². The first kappa shape index (κ1) is 18.3. The van der Waals surface area contributed by atoms with E-state index >= 15 is 0 Å². The predicted octanol–water partition coefficient (Wildman–Crippen LogP) is 1.52. The van der Waals surface area contributed by atoms with Gasteiger partial charge >= 0.3 is 6.18 Å². The van der Waals surface area contributed by atoms with Crippen molar-refractivity contribution in [3.63, 3.8) is 0 Å². The fourth-order valence-electron chi connectivity index (χ4n) is 2.84. The van der Waals surface area contributed by atoms with Gasteiger partial charge in [-0.1, -0.05) is 0 Å². The quantitative estimate of drug-likeness (QED) is 0.856. The Labute approximate surface area is 148 Å². The maximum atomic E-state index is 13.0. The van der Waals surface area contributed by atoms with Crippen LogP contribution in [0.2, 0.25) is 0 Å². The number of amides is 1. The molecular formula is C16H19F3N6O. The Hall–Kier alpha value is -2.46. The molecule has 1 aromatic heterocycles. The lowest BCUT2D eigenvalue weighted by Gasteiger charge is -2.33. The molecule has 0 unspecified atom stereocenters.